The second-order valence-corrected chi connectivity index (χ2v) is 9.60. The number of unbranched alkanes of at least 4 members (excludes halogenated alkanes) is 6. The van der Waals surface area contributed by atoms with Crippen LogP contribution in [-0.2, 0) is 19.2 Å². The van der Waals surface area contributed by atoms with E-state index in [4.69, 9.17) is 20.4 Å². The van der Waals surface area contributed by atoms with Crippen LogP contribution in [0.5, 0.6) is 0 Å². The van der Waals surface area contributed by atoms with E-state index in [2.05, 4.69) is 0 Å². The zero-order chi connectivity index (χ0) is 24.6. The summed E-state index contributed by atoms with van der Waals surface area (Å²) in [7, 11) is 0. The van der Waals surface area contributed by atoms with Crippen molar-refractivity contribution in [3.63, 3.8) is 0 Å². The molecule has 0 aromatic heterocycles. The van der Waals surface area contributed by atoms with Crippen LogP contribution in [0.15, 0.2) is 0 Å². The first-order valence-corrected chi connectivity index (χ1v) is 12.6. The average Bonchev–Trinajstić information content (AvgIpc) is 2.96. The van der Waals surface area contributed by atoms with Crippen molar-refractivity contribution in [2.75, 3.05) is 0 Å². The van der Waals surface area contributed by atoms with Gasteiger partial charge in [0.2, 0.25) is 0 Å². The lowest BCUT2D eigenvalue weighted by molar-refractivity contribution is -0.156. The van der Waals surface area contributed by atoms with Gasteiger partial charge in [0.05, 0.1) is 0 Å². The number of carboxylic acid groups (broad SMARTS) is 4. The second kappa shape index (κ2) is 16.5. The van der Waals surface area contributed by atoms with E-state index in [1.165, 1.54) is 44.9 Å². The number of carbonyl (C=O) groups is 4. The molecule has 8 nitrogen and oxygen atoms in total. The van der Waals surface area contributed by atoms with Crippen molar-refractivity contribution >= 4 is 23.9 Å². The molecule has 0 radical (unpaired) electrons. The van der Waals surface area contributed by atoms with Crippen LogP contribution in [-0.4, -0.2) is 44.3 Å². The van der Waals surface area contributed by atoms with Gasteiger partial charge in [0.25, 0.3) is 0 Å². The molecule has 0 spiro atoms. The van der Waals surface area contributed by atoms with Crippen molar-refractivity contribution in [2.45, 2.75) is 109 Å². The minimum Gasteiger partial charge on any atom is -0.481 e. The molecule has 2 unspecified atom stereocenters. The molecule has 8 heteroatoms. The fourth-order valence-corrected chi connectivity index (χ4v) is 5.14. The minimum absolute atomic E-state index is 0.191. The van der Waals surface area contributed by atoms with Gasteiger partial charge in [-0.2, -0.15) is 0 Å². The fourth-order valence-electron chi connectivity index (χ4n) is 5.14. The summed E-state index contributed by atoms with van der Waals surface area (Å²) in [5.74, 6) is -6.20. The van der Waals surface area contributed by atoms with Gasteiger partial charge in [-0.25, -0.2) is 0 Å². The van der Waals surface area contributed by atoms with E-state index in [1.807, 2.05) is 0 Å². The van der Waals surface area contributed by atoms with Gasteiger partial charge in [-0.1, -0.05) is 96.3 Å². The van der Waals surface area contributed by atoms with Crippen LogP contribution < -0.4 is 0 Å². The highest BCUT2D eigenvalue weighted by Crippen LogP contribution is 2.36. The number of carboxylic acids is 4. The van der Waals surface area contributed by atoms with Crippen molar-refractivity contribution < 1.29 is 39.6 Å². The SMILES string of the molecule is O=C(O)C(CCCCCCC1CCCCCC1CCCCCCC(C(=O)O)C(=O)O)C(=O)O. The van der Waals surface area contributed by atoms with E-state index in [0.29, 0.717) is 24.7 Å². The molecule has 2 atom stereocenters. The molecule has 1 aliphatic carbocycles. The van der Waals surface area contributed by atoms with Crippen molar-refractivity contribution in [2.24, 2.45) is 23.7 Å². The van der Waals surface area contributed by atoms with Gasteiger partial charge >= 0.3 is 23.9 Å². The van der Waals surface area contributed by atoms with E-state index in [1.54, 1.807) is 0 Å². The highest BCUT2D eigenvalue weighted by atomic mass is 16.4. The standard InChI is InChI=1S/C25H42O8/c26-22(27)20(23(28)29)16-10-3-1-6-12-18-14-8-5-9-15-19(18)13-7-2-4-11-17-21(24(30)31)25(32)33/h18-21H,1-17H2,(H,26,27)(H,28,29)(H,30,31)(H,32,33). The maximum absolute atomic E-state index is 10.9. The molecule has 1 aliphatic rings. The third-order valence-electron chi connectivity index (χ3n) is 7.14. The van der Waals surface area contributed by atoms with E-state index in [0.717, 1.165) is 38.5 Å². The highest BCUT2D eigenvalue weighted by Gasteiger charge is 2.26. The summed E-state index contributed by atoms with van der Waals surface area (Å²) in [6.07, 6.45) is 16.2. The topological polar surface area (TPSA) is 149 Å². The molecule has 33 heavy (non-hydrogen) atoms. The maximum atomic E-state index is 10.9. The largest absolute Gasteiger partial charge is 0.481 e. The molecule has 1 rings (SSSR count). The van der Waals surface area contributed by atoms with Crippen molar-refractivity contribution in [3.05, 3.63) is 0 Å². The van der Waals surface area contributed by atoms with Crippen LogP contribution in [0, 0.1) is 23.7 Å². The van der Waals surface area contributed by atoms with Gasteiger partial charge in [0, 0.05) is 0 Å². The molecule has 4 N–H and O–H groups in total. The molecule has 0 aromatic rings. The monoisotopic (exact) mass is 470 g/mol. The van der Waals surface area contributed by atoms with E-state index < -0.39 is 35.7 Å². The second-order valence-electron chi connectivity index (χ2n) is 9.60. The number of hydrogen-bond acceptors (Lipinski definition) is 4. The first kappa shape index (κ1) is 28.9. The van der Waals surface area contributed by atoms with Crippen molar-refractivity contribution in [3.8, 4) is 0 Å². The lowest BCUT2D eigenvalue weighted by atomic mass is 9.80. The van der Waals surface area contributed by atoms with Crippen molar-refractivity contribution in [1.29, 1.82) is 0 Å². The third kappa shape index (κ3) is 12.1. The molecule has 0 amide bonds. The lowest BCUT2D eigenvalue weighted by Crippen LogP contribution is -2.23. The molecular formula is C25H42O8. The van der Waals surface area contributed by atoms with Gasteiger partial charge in [-0.05, 0) is 24.7 Å². The number of hydrogen-bond donors (Lipinski definition) is 4. The van der Waals surface area contributed by atoms with Crippen LogP contribution in [0.4, 0.5) is 0 Å². The van der Waals surface area contributed by atoms with Crippen LogP contribution in [0.1, 0.15) is 109 Å². The first-order chi connectivity index (χ1) is 15.7. The van der Waals surface area contributed by atoms with E-state index in [-0.39, 0.29) is 12.8 Å². The summed E-state index contributed by atoms with van der Waals surface area (Å²) in [5, 5.41) is 35.7. The van der Waals surface area contributed by atoms with Crippen LogP contribution in [0.2, 0.25) is 0 Å². The Bertz CT molecular complexity index is 538. The molecule has 0 heterocycles. The summed E-state index contributed by atoms with van der Waals surface area (Å²) in [5.41, 5.74) is 0. The van der Waals surface area contributed by atoms with Crippen LogP contribution in [0.25, 0.3) is 0 Å². The molecule has 0 aliphatic heterocycles. The Morgan fingerprint density at radius 2 is 0.848 bits per heavy atom. The Morgan fingerprint density at radius 1 is 0.515 bits per heavy atom. The first-order valence-electron chi connectivity index (χ1n) is 12.6. The predicted molar refractivity (Wildman–Crippen MR) is 123 cm³/mol. The Morgan fingerprint density at radius 3 is 1.18 bits per heavy atom. The summed E-state index contributed by atoms with van der Waals surface area (Å²) in [6, 6.07) is 0. The van der Waals surface area contributed by atoms with E-state index >= 15 is 0 Å². The molecular weight excluding hydrogens is 428 g/mol. The summed E-state index contributed by atoms with van der Waals surface area (Å²) >= 11 is 0. The summed E-state index contributed by atoms with van der Waals surface area (Å²) < 4.78 is 0. The van der Waals surface area contributed by atoms with Crippen LogP contribution in [0.3, 0.4) is 0 Å². The molecule has 190 valence electrons. The Labute approximate surface area is 196 Å². The lowest BCUT2D eigenvalue weighted by Gasteiger charge is -2.25. The maximum Gasteiger partial charge on any atom is 0.317 e. The molecule has 0 bridgehead atoms. The minimum atomic E-state index is -1.30. The molecule has 0 saturated heterocycles. The highest BCUT2D eigenvalue weighted by molar-refractivity contribution is 5.93. The van der Waals surface area contributed by atoms with E-state index in [9.17, 15) is 19.2 Å². The van der Waals surface area contributed by atoms with Gasteiger partial charge in [0.1, 0.15) is 0 Å². The molecule has 0 aromatic carbocycles. The van der Waals surface area contributed by atoms with Gasteiger partial charge < -0.3 is 20.4 Å². The Kier molecular flexibility index (Phi) is 14.4. The zero-order valence-electron chi connectivity index (χ0n) is 19.8. The number of aliphatic carboxylic acids is 4. The zero-order valence-corrected chi connectivity index (χ0v) is 19.8. The van der Waals surface area contributed by atoms with Crippen molar-refractivity contribution in [1.82, 2.24) is 0 Å². The molecule has 1 fully saturated rings. The Hall–Kier alpha value is -2.12. The van der Waals surface area contributed by atoms with Gasteiger partial charge in [-0.15, -0.1) is 0 Å². The summed E-state index contributed by atoms with van der Waals surface area (Å²) in [4.78, 5) is 43.7. The normalized spacial score (nSPS) is 18.8. The Balaban J connectivity index is 2.26. The van der Waals surface area contributed by atoms with Gasteiger partial charge in [0.15, 0.2) is 11.8 Å². The third-order valence-corrected chi connectivity index (χ3v) is 7.14. The molecule has 1 saturated carbocycles. The van der Waals surface area contributed by atoms with Gasteiger partial charge in [-0.3, -0.25) is 19.2 Å². The van der Waals surface area contributed by atoms with Crippen LogP contribution >= 0.6 is 0 Å². The number of rotatable bonds is 18. The predicted octanol–water partition coefficient (Wildman–Crippen LogP) is 5.43. The smallest absolute Gasteiger partial charge is 0.317 e. The average molecular weight is 471 g/mol. The fraction of sp³-hybridized carbons (Fsp3) is 0.840. The quantitative estimate of drug-likeness (QED) is 0.118. The summed E-state index contributed by atoms with van der Waals surface area (Å²) in [6.45, 7) is 0.